The number of rotatable bonds is 2. The van der Waals surface area contributed by atoms with Gasteiger partial charge in [-0.05, 0) is 18.2 Å². The number of hydrogen-bond donors (Lipinski definition) is 3. The van der Waals surface area contributed by atoms with E-state index in [1.54, 1.807) is 42.5 Å². The number of nitrogen functional groups attached to an aromatic ring is 1. The second kappa shape index (κ2) is 4.41. The first kappa shape index (κ1) is 13.3. The van der Waals surface area contributed by atoms with Crippen LogP contribution in [-0.2, 0) is 14.3 Å². The predicted octanol–water partition coefficient (Wildman–Crippen LogP) is 2.48. The minimum absolute atomic E-state index is 0.304. The van der Waals surface area contributed by atoms with Gasteiger partial charge in [0.2, 0.25) is 4.20 Å². The third kappa shape index (κ3) is 1.86. The van der Waals surface area contributed by atoms with Gasteiger partial charge in [0.15, 0.2) is 0 Å². The van der Waals surface area contributed by atoms with Crippen LogP contribution in [0.2, 0.25) is 0 Å². The number of para-hydroxylation sites is 2. The predicted molar refractivity (Wildman–Crippen MR) is 80.0 cm³/mol. The van der Waals surface area contributed by atoms with Crippen molar-refractivity contribution in [3.8, 4) is 0 Å². The molecule has 2 aromatic rings. The van der Waals surface area contributed by atoms with Crippen molar-refractivity contribution in [1.29, 1.82) is 0 Å². The highest BCUT2D eigenvalue weighted by molar-refractivity contribution is 8.12. The molecule has 2 aromatic carbocycles. The largest absolute Gasteiger partial charge is 0.398 e. The highest BCUT2D eigenvalue weighted by atomic mass is 32.3. The number of fused-ring (bicyclic) bond motifs is 1. The summed E-state index contributed by atoms with van der Waals surface area (Å²) >= 11 is 1.03. The second-order valence-corrected chi connectivity index (χ2v) is 7.48. The molecule has 0 saturated heterocycles. The molecule has 0 fully saturated rings. The quantitative estimate of drug-likeness (QED) is 0.583. The van der Waals surface area contributed by atoms with E-state index in [0.29, 0.717) is 16.9 Å². The summed E-state index contributed by atoms with van der Waals surface area (Å²) in [5.74, 6) is 0. The van der Waals surface area contributed by atoms with Crippen LogP contribution in [0.15, 0.2) is 53.4 Å². The van der Waals surface area contributed by atoms with E-state index in [1.165, 1.54) is 0 Å². The molecule has 4 N–H and O–H groups in total. The fourth-order valence-electron chi connectivity index (χ4n) is 2.19. The molecule has 1 aliphatic rings. The second-order valence-electron chi connectivity index (χ2n) is 4.40. The molecule has 0 bridgehead atoms. The van der Waals surface area contributed by atoms with Gasteiger partial charge in [-0.1, -0.05) is 42.1 Å². The molecule has 5 nitrogen and oxygen atoms in total. The summed E-state index contributed by atoms with van der Waals surface area (Å²) in [6.45, 7) is 0. The van der Waals surface area contributed by atoms with Gasteiger partial charge in [0.05, 0.1) is 5.69 Å². The molecule has 1 heterocycles. The summed E-state index contributed by atoms with van der Waals surface area (Å²) in [7, 11) is -4.44. The van der Waals surface area contributed by atoms with Crippen molar-refractivity contribution < 1.29 is 13.0 Å². The number of nitrogens with one attached hydrogen (secondary N) is 1. The van der Waals surface area contributed by atoms with Crippen molar-refractivity contribution in [3.63, 3.8) is 0 Å². The number of hydrogen-bond acceptors (Lipinski definition) is 5. The van der Waals surface area contributed by atoms with Gasteiger partial charge in [0, 0.05) is 16.1 Å². The molecular formula is C13H12N2O3S2. The van der Waals surface area contributed by atoms with E-state index >= 15 is 0 Å². The standard InChI is InChI=1S/C13H12N2O3S2/c14-10-6-2-1-5-9(10)13(20(16,17)18)15-11-7-3-4-8-12(11)19-13/h1-8,15H,14H2,(H,16,17,18). The van der Waals surface area contributed by atoms with Crippen LogP contribution in [0.1, 0.15) is 5.56 Å². The maximum atomic E-state index is 12.0. The van der Waals surface area contributed by atoms with E-state index < -0.39 is 14.3 Å². The summed E-state index contributed by atoms with van der Waals surface area (Å²) in [5.41, 5.74) is 7.17. The molecule has 0 radical (unpaired) electrons. The van der Waals surface area contributed by atoms with Crippen LogP contribution in [0.4, 0.5) is 11.4 Å². The van der Waals surface area contributed by atoms with Crippen molar-refractivity contribution in [1.82, 2.24) is 0 Å². The van der Waals surface area contributed by atoms with Crippen LogP contribution in [0.3, 0.4) is 0 Å². The molecule has 0 spiro atoms. The van der Waals surface area contributed by atoms with Gasteiger partial charge in [-0.15, -0.1) is 0 Å². The Kier molecular flexibility index (Phi) is 2.93. The normalized spacial score (nSPS) is 21.2. The molecule has 7 heteroatoms. The lowest BCUT2D eigenvalue weighted by Crippen LogP contribution is -2.37. The monoisotopic (exact) mass is 308 g/mol. The van der Waals surface area contributed by atoms with Gasteiger partial charge < -0.3 is 11.1 Å². The zero-order chi connectivity index (χ0) is 14.4. The summed E-state index contributed by atoms with van der Waals surface area (Å²) < 4.78 is 32.0. The first-order chi connectivity index (χ1) is 9.44. The van der Waals surface area contributed by atoms with E-state index in [2.05, 4.69) is 5.32 Å². The first-order valence-corrected chi connectivity index (χ1v) is 8.08. The fourth-order valence-corrected chi connectivity index (χ4v) is 4.73. The van der Waals surface area contributed by atoms with Crippen molar-refractivity contribution >= 4 is 33.3 Å². The minimum Gasteiger partial charge on any atom is -0.398 e. The average molecular weight is 308 g/mol. The van der Waals surface area contributed by atoms with E-state index in [-0.39, 0.29) is 0 Å². The molecule has 1 atom stereocenters. The topological polar surface area (TPSA) is 92.4 Å². The Hall–Kier alpha value is -1.70. The minimum atomic E-state index is -4.44. The molecule has 0 aliphatic carbocycles. The zero-order valence-corrected chi connectivity index (χ0v) is 11.9. The lowest BCUT2D eigenvalue weighted by atomic mass is 10.1. The van der Waals surface area contributed by atoms with Crippen molar-refractivity contribution in [2.75, 3.05) is 11.1 Å². The van der Waals surface area contributed by atoms with Gasteiger partial charge >= 0.3 is 10.1 Å². The Labute approximate surface area is 120 Å². The lowest BCUT2D eigenvalue weighted by molar-refractivity contribution is 0.468. The van der Waals surface area contributed by atoms with Crippen molar-refractivity contribution in [3.05, 3.63) is 54.1 Å². The van der Waals surface area contributed by atoms with Crippen molar-refractivity contribution in [2.45, 2.75) is 9.10 Å². The summed E-state index contributed by atoms with van der Waals surface area (Å²) in [4.78, 5) is 0.744. The van der Waals surface area contributed by atoms with Crippen LogP contribution >= 0.6 is 11.8 Å². The lowest BCUT2D eigenvalue weighted by Gasteiger charge is -2.27. The summed E-state index contributed by atoms with van der Waals surface area (Å²) in [6, 6.07) is 13.7. The Bertz CT molecular complexity index is 750. The van der Waals surface area contributed by atoms with E-state index in [0.717, 1.165) is 16.7 Å². The molecule has 104 valence electrons. The third-order valence-corrected chi connectivity index (χ3v) is 6.23. The molecular weight excluding hydrogens is 296 g/mol. The Morgan fingerprint density at radius 1 is 1.10 bits per heavy atom. The van der Waals surface area contributed by atoms with E-state index in [4.69, 9.17) is 5.73 Å². The van der Waals surface area contributed by atoms with Gasteiger partial charge in [0.1, 0.15) is 0 Å². The molecule has 1 aliphatic heterocycles. The van der Waals surface area contributed by atoms with E-state index in [1.807, 2.05) is 6.07 Å². The highest BCUT2D eigenvalue weighted by Gasteiger charge is 2.51. The Balaban J connectivity index is 2.23. The molecule has 1 unspecified atom stereocenters. The van der Waals surface area contributed by atoms with Crippen LogP contribution < -0.4 is 11.1 Å². The molecule has 0 saturated carbocycles. The van der Waals surface area contributed by atoms with Crippen LogP contribution in [0, 0.1) is 0 Å². The summed E-state index contributed by atoms with van der Waals surface area (Å²) in [6.07, 6.45) is 0. The first-order valence-electron chi connectivity index (χ1n) is 5.82. The Morgan fingerprint density at radius 3 is 2.40 bits per heavy atom. The van der Waals surface area contributed by atoms with Crippen LogP contribution in [0.5, 0.6) is 0 Å². The van der Waals surface area contributed by atoms with Gasteiger partial charge in [-0.3, -0.25) is 4.55 Å². The van der Waals surface area contributed by atoms with Crippen molar-refractivity contribution in [2.24, 2.45) is 0 Å². The van der Waals surface area contributed by atoms with Gasteiger partial charge in [-0.2, -0.15) is 8.42 Å². The van der Waals surface area contributed by atoms with Gasteiger partial charge in [0.25, 0.3) is 0 Å². The van der Waals surface area contributed by atoms with Crippen LogP contribution in [0.25, 0.3) is 0 Å². The number of anilines is 2. The number of nitrogens with two attached hydrogens (primary N) is 1. The maximum Gasteiger partial charge on any atom is 0.304 e. The average Bonchev–Trinajstić information content (AvgIpc) is 2.79. The number of benzene rings is 2. The summed E-state index contributed by atoms with van der Waals surface area (Å²) in [5, 5.41) is 2.89. The smallest absolute Gasteiger partial charge is 0.304 e. The fraction of sp³-hybridized carbons (Fsp3) is 0.0769. The highest BCUT2D eigenvalue weighted by Crippen LogP contribution is 2.54. The van der Waals surface area contributed by atoms with Crippen LogP contribution in [-0.4, -0.2) is 13.0 Å². The maximum absolute atomic E-state index is 12.0. The molecule has 0 aromatic heterocycles. The SMILES string of the molecule is Nc1ccccc1C1(S(=O)(=O)O)Nc2ccccc2S1. The van der Waals surface area contributed by atoms with E-state index in [9.17, 15) is 13.0 Å². The molecule has 3 rings (SSSR count). The zero-order valence-electron chi connectivity index (χ0n) is 10.3. The number of thioether (sulfide) groups is 1. The molecule has 20 heavy (non-hydrogen) atoms. The van der Waals surface area contributed by atoms with Gasteiger partial charge in [-0.25, -0.2) is 0 Å². The third-order valence-electron chi connectivity index (χ3n) is 3.12. The molecule has 0 amide bonds. The Morgan fingerprint density at radius 2 is 1.75 bits per heavy atom.